The summed E-state index contributed by atoms with van der Waals surface area (Å²) in [7, 11) is -2.52. The topological polar surface area (TPSA) is 108 Å². The number of piperidine rings is 1. The number of carbonyl (C=O) groups is 1. The van der Waals surface area contributed by atoms with E-state index >= 15 is 0 Å². The zero-order valence-electron chi connectivity index (χ0n) is 16.6. The number of nitrogens with one attached hydrogen (secondary N) is 1. The highest BCUT2D eigenvalue weighted by Gasteiger charge is 2.50. The molecule has 1 N–H and O–H groups in total. The number of aromatic amines is 1. The van der Waals surface area contributed by atoms with E-state index in [9.17, 15) is 17.6 Å². The van der Waals surface area contributed by atoms with Crippen molar-refractivity contribution in [3.05, 3.63) is 42.0 Å². The van der Waals surface area contributed by atoms with Gasteiger partial charge in [0.15, 0.2) is 0 Å². The van der Waals surface area contributed by atoms with Crippen molar-refractivity contribution in [2.24, 2.45) is 5.92 Å². The number of methoxy groups -OCH3 is 1. The van der Waals surface area contributed by atoms with Gasteiger partial charge in [-0.15, -0.1) is 5.10 Å². The van der Waals surface area contributed by atoms with Crippen LogP contribution >= 0.6 is 0 Å². The Hall–Kier alpha value is -2.37. The average molecular weight is 437 g/mol. The van der Waals surface area contributed by atoms with Gasteiger partial charge in [-0.1, -0.05) is 11.3 Å². The first-order valence-electron chi connectivity index (χ1n) is 9.83. The van der Waals surface area contributed by atoms with Crippen LogP contribution in [0.25, 0.3) is 0 Å². The first kappa shape index (κ1) is 20.9. The second-order valence-corrected chi connectivity index (χ2v) is 9.57. The molecule has 162 valence electrons. The third kappa shape index (κ3) is 3.84. The van der Waals surface area contributed by atoms with Gasteiger partial charge in [0.2, 0.25) is 15.9 Å². The summed E-state index contributed by atoms with van der Waals surface area (Å²) in [5.74, 6) is -1.12. The molecule has 3 atom stereocenters. The van der Waals surface area contributed by atoms with Crippen LogP contribution in [0.3, 0.4) is 0 Å². The maximum atomic E-state index is 13.8. The van der Waals surface area contributed by atoms with Crippen LogP contribution in [0.5, 0.6) is 0 Å². The minimum absolute atomic E-state index is 0.144. The van der Waals surface area contributed by atoms with Crippen LogP contribution < -0.4 is 0 Å². The molecule has 0 unspecified atom stereocenters. The van der Waals surface area contributed by atoms with Gasteiger partial charge in [0.1, 0.15) is 11.9 Å². The van der Waals surface area contributed by atoms with E-state index in [-0.39, 0.29) is 23.3 Å². The number of ether oxygens (including phenoxy) is 1. The van der Waals surface area contributed by atoms with Crippen molar-refractivity contribution in [2.45, 2.75) is 42.8 Å². The van der Waals surface area contributed by atoms with Gasteiger partial charge in [0, 0.05) is 25.6 Å². The number of hydrogen-bond donors (Lipinski definition) is 1. The molecule has 0 radical (unpaired) electrons. The fourth-order valence-corrected chi connectivity index (χ4v) is 6.42. The molecule has 9 nitrogen and oxygen atoms in total. The van der Waals surface area contributed by atoms with Crippen LogP contribution in [0.2, 0.25) is 0 Å². The van der Waals surface area contributed by atoms with E-state index in [2.05, 4.69) is 15.4 Å². The van der Waals surface area contributed by atoms with Gasteiger partial charge in [0.05, 0.1) is 29.9 Å². The molecule has 2 saturated heterocycles. The number of fused-ring (bicyclic) bond motifs is 2. The Morgan fingerprint density at radius 3 is 2.87 bits per heavy atom. The van der Waals surface area contributed by atoms with E-state index < -0.39 is 27.9 Å². The Balaban J connectivity index is 1.75. The number of sulfonamides is 1. The lowest BCUT2D eigenvalue weighted by Gasteiger charge is -2.40. The molecular formula is C19H24FN5O4S. The van der Waals surface area contributed by atoms with Gasteiger partial charge in [-0.3, -0.25) is 9.89 Å². The average Bonchev–Trinajstić information content (AvgIpc) is 3.22. The maximum absolute atomic E-state index is 13.8. The predicted molar refractivity (Wildman–Crippen MR) is 104 cm³/mol. The van der Waals surface area contributed by atoms with Crippen LogP contribution in [0, 0.1) is 11.7 Å². The number of benzene rings is 1. The number of aromatic nitrogens is 3. The standard InChI is InChI=1S/C19H24FN5O4S/c1-29-12-13-10-24(11-15-9-21-23-22-15)19(26)18-7-3-6-17(13)25(18)30(27,28)16-5-2-4-14(20)8-16/h2,4-5,8-9,13,17-18H,3,6-7,10-12H2,1H3,(H,21,22,23)/t13-,17-,18+/m1/s1. The van der Waals surface area contributed by atoms with E-state index in [0.717, 1.165) is 12.5 Å². The predicted octanol–water partition coefficient (Wildman–Crippen LogP) is 1.16. The summed E-state index contributed by atoms with van der Waals surface area (Å²) in [6.07, 6.45) is 3.31. The van der Waals surface area contributed by atoms with Gasteiger partial charge in [0.25, 0.3) is 0 Å². The summed E-state index contributed by atoms with van der Waals surface area (Å²) in [4.78, 5) is 14.9. The second kappa shape index (κ2) is 8.40. The lowest BCUT2D eigenvalue weighted by atomic mass is 9.91. The molecule has 2 fully saturated rings. The van der Waals surface area contributed by atoms with Crippen molar-refractivity contribution in [1.29, 1.82) is 0 Å². The SMILES string of the molecule is COC[C@H]1CN(Cc2cnn[nH]2)C(=O)[C@@H]2CCC[C@H]1N2S(=O)(=O)c1cccc(F)c1. The number of H-pyrrole nitrogens is 1. The van der Waals surface area contributed by atoms with Crippen molar-refractivity contribution < 1.29 is 22.3 Å². The van der Waals surface area contributed by atoms with Crippen LogP contribution in [-0.4, -0.2) is 71.3 Å². The zero-order chi connectivity index (χ0) is 21.3. The highest BCUT2D eigenvalue weighted by Crippen LogP contribution is 2.37. The van der Waals surface area contributed by atoms with Crippen LogP contribution in [-0.2, 0) is 26.1 Å². The smallest absolute Gasteiger partial charge is 0.244 e. The van der Waals surface area contributed by atoms with Gasteiger partial charge in [-0.05, 0) is 37.5 Å². The molecule has 0 spiro atoms. The van der Waals surface area contributed by atoms with Crippen molar-refractivity contribution >= 4 is 15.9 Å². The number of halogens is 1. The molecule has 2 aromatic rings. The molecule has 2 bridgehead atoms. The van der Waals surface area contributed by atoms with Crippen molar-refractivity contribution in [2.75, 3.05) is 20.3 Å². The molecule has 11 heteroatoms. The summed E-state index contributed by atoms with van der Waals surface area (Å²) in [5, 5.41) is 10.2. The molecule has 30 heavy (non-hydrogen) atoms. The summed E-state index contributed by atoms with van der Waals surface area (Å²) >= 11 is 0. The highest BCUT2D eigenvalue weighted by atomic mass is 32.2. The number of hydrogen-bond acceptors (Lipinski definition) is 6. The minimum atomic E-state index is -4.08. The molecule has 4 rings (SSSR count). The van der Waals surface area contributed by atoms with Crippen LogP contribution in [0.1, 0.15) is 25.0 Å². The molecule has 2 aliphatic heterocycles. The Morgan fingerprint density at radius 1 is 1.33 bits per heavy atom. The van der Waals surface area contributed by atoms with Gasteiger partial charge in [-0.2, -0.15) is 4.31 Å². The zero-order valence-corrected chi connectivity index (χ0v) is 17.4. The number of carbonyl (C=O) groups excluding carboxylic acids is 1. The van der Waals surface area contributed by atoms with E-state index in [1.807, 2.05) is 0 Å². The van der Waals surface area contributed by atoms with Crippen LogP contribution in [0.15, 0.2) is 35.4 Å². The highest BCUT2D eigenvalue weighted by molar-refractivity contribution is 7.89. The number of amides is 1. The van der Waals surface area contributed by atoms with Crippen molar-refractivity contribution in [3.63, 3.8) is 0 Å². The minimum Gasteiger partial charge on any atom is -0.384 e. The lowest BCUT2D eigenvalue weighted by Crippen LogP contribution is -2.55. The third-order valence-corrected chi connectivity index (χ3v) is 7.72. The normalized spacial score (nSPS) is 25.3. The van der Waals surface area contributed by atoms with Gasteiger partial charge in [-0.25, -0.2) is 12.8 Å². The quantitative estimate of drug-likeness (QED) is 0.727. The van der Waals surface area contributed by atoms with Crippen molar-refractivity contribution in [1.82, 2.24) is 24.6 Å². The Kier molecular flexibility index (Phi) is 5.85. The molecule has 0 saturated carbocycles. The Labute approximate surface area is 174 Å². The molecule has 2 aliphatic rings. The largest absolute Gasteiger partial charge is 0.384 e. The molecule has 1 amide bonds. The lowest BCUT2D eigenvalue weighted by molar-refractivity contribution is -0.135. The molecule has 3 heterocycles. The molecule has 1 aromatic carbocycles. The van der Waals surface area contributed by atoms with Crippen LogP contribution in [0.4, 0.5) is 4.39 Å². The van der Waals surface area contributed by atoms with Crippen molar-refractivity contribution in [3.8, 4) is 0 Å². The van der Waals surface area contributed by atoms with E-state index in [0.29, 0.717) is 31.7 Å². The first-order chi connectivity index (χ1) is 14.4. The van der Waals surface area contributed by atoms with E-state index in [1.54, 1.807) is 12.0 Å². The fourth-order valence-electron chi connectivity index (χ4n) is 4.50. The van der Waals surface area contributed by atoms with Gasteiger partial charge >= 0.3 is 0 Å². The Bertz CT molecular complexity index is 1000. The summed E-state index contributed by atoms with van der Waals surface area (Å²) in [6, 6.07) is 3.67. The number of rotatable bonds is 6. The third-order valence-electron chi connectivity index (χ3n) is 5.79. The van der Waals surface area contributed by atoms with Gasteiger partial charge < -0.3 is 9.64 Å². The van der Waals surface area contributed by atoms with E-state index in [1.165, 1.54) is 28.7 Å². The summed E-state index contributed by atoms with van der Waals surface area (Å²) < 4.78 is 47.6. The fraction of sp³-hybridized carbons (Fsp3) is 0.526. The Morgan fingerprint density at radius 2 is 2.17 bits per heavy atom. The second-order valence-electron chi connectivity index (χ2n) is 7.72. The summed E-state index contributed by atoms with van der Waals surface area (Å²) in [5.41, 5.74) is 0.663. The monoisotopic (exact) mass is 437 g/mol. The number of nitrogens with zero attached hydrogens (tertiary/aromatic N) is 4. The molecular weight excluding hydrogens is 413 g/mol. The summed E-state index contributed by atoms with van der Waals surface area (Å²) in [6.45, 7) is 0.905. The molecule has 1 aromatic heterocycles. The first-order valence-corrected chi connectivity index (χ1v) is 11.3. The van der Waals surface area contributed by atoms with E-state index in [4.69, 9.17) is 4.74 Å². The molecule has 0 aliphatic carbocycles. The maximum Gasteiger partial charge on any atom is 0.244 e.